The van der Waals surface area contributed by atoms with Crippen molar-refractivity contribution in [3.8, 4) is 0 Å². The molecule has 0 unspecified atom stereocenters. The van der Waals surface area contributed by atoms with Crippen LogP contribution < -0.4 is 5.32 Å². The number of rotatable bonds is 3. The second kappa shape index (κ2) is 5.65. The fourth-order valence-electron chi connectivity index (χ4n) is 1.40. The lowest BCUT2D eigenvalue weighted by Gasteiger charge is -2.13. The fourth-order valence-corrected chi connectivity index (χ4v) is 1.40. The lowest BCUT2D eigenvalue weighted by molar-refractivity contribution is -0.116. The second-order valence-corrected chi connectivity index (χ2v) is 3.53. The van der Waals surface area contributed by atoms with Gasteiger partial charge in [-0.2, -0.15) is 0 Å². The van der Waals surface area contributed by atoms with E-state index in [0.717, 1.165) is 5.69 Å². The lowest BCUT2D eigenvalue weighted by Crippen LogP contribution is -2.28. The molecular weight excluding hydrogens is 214 g/mol. The second-order valence-electron chi connectivity index (χ2n) is 3.53. The minimum atomic E-state index is -0.0748. The smallest absolute Gasteiger partial charge is 0.244 e. The van der Waals surface area contributed by atoms with Crippen molar-refractivity contribution in [2.24, 2.45) is 4.99 Å². The van der Waals surface area contributed by atoms with E-state index in [4.69, 9.17) is 0 Å². The molecule has 0 spiro atoms. The van der Waals surface area contributed by atoms with E-state index in [-0.39, 0.29) is 12.5 Å². The van der Waals surface area contributed by atoms with Gasteiger partial charge in [0, 0.05) is 18.1 Å². The van der Waals surface area contributed by atoms with Gasteiger partial charge < -0.3 is 10.2 Å². The van der Waals surface area contributed by atoms with Gasteiger partial charge in [0.05, 0.1) is 6.34 Å². The van der Waals surface area contributed by atoms with Gasteiger partial charge in [0.1, 0.15) is 6.54 Å². The largest absolute Gasteiger partial charge is 0.330 e. The molecule has 0 saturated carbocycles. The molecule has 1 N–H and O–H groups in total. The molecule has 0 bridgehead atoms. The number of hydrogen-bond donors (Lipinski definition) is 1. The molecule has 4 nitrogen and oxygen atoms in total. The lowest BCUT2D eigenvalue weighted by atomic mass is 10.3. The summed E-state index contributed by atoms with van der Waals surface area (Å²) in [5, 5.41) is 2.81. The van der Waals surface area contributed by atoms with Gasteiger partial charge in [0.15, 0.2) is 0 Å². The summed E-state index contributed by atoms with van der Waals surface area (Å²) in [6.07, 6.45) is 8.74. The number of amides is 1. The normalized spacial score (nSPS) is 13.5. The Labute approximate surface area is 100.0 Å². The molecule has 0 radical (unpaired) electrons. The van der Waals surface area contributed by atoms with Gasteiger partial charge in [-0.05, 0) is 24.3 Å². The average molecular weight is 227 g/mol. The summed E-state index contributed by atoms with van der Waals surface area (Å²) in [4.78, 5) is 17.4. The average Bonchev–Trinajstić information content (AvgIpc) is 2.59. The van der Waals surface area contributed by atoms with Crippen molar-refractivity contribution < 1.29 is 4.79 Å². The van der Waals surface area contributed by atoms with E-state index >= 15 is 0 Å². The van der Waals surface area contributed by atoms with Crippen LogP contribution in [0.3, 0.4) is 0 Å². The fraction of sp³-hybridized carbons (Fsp3) is 0.0769. The van der Waals surface area contributed by atoms with E-state index in [9.17, 15) is 4.79 Å². The Kier molecular flexibility index (Phi) is 3.70. The minimum absolute atomic E-state index is 0.0748. The van der Waals surface area contributed by atoms with Crippen molar-refractivity contribution in [2.45, 2.75) is 0 Å². The van der Waals surface area contributed by atoms with Gasteiger partial charge in [-0.15, -0.1) is 0 Å². The summed E-state index contributed by atoms with van der Waals surface area (Å²) in [7, 11) is 0. The SMILES string of the molecule is O=C(CN1C=CC=CN=C1)Nc1ccccc1. The van der Waals surface area contributed by atoms with Gasteiger partial charge >= 0.3 is 0 Å². The molecule has 0 saturated heterocycles. The zero-order valence-corrected chi connectivity index (χ0v) is 9.28. The molecule has 1 amide bonds. The number of benzene rings is 1. The van der Waals surface area contributed by atoms with E-state index in [1.807, 2.05) is 42.5 Å². The number of nitrogens with zero attached hydrogens (tertiary/aromatic N) is 2. The highest BCUT2D eigenvalue weighted by molar-refractivity contribution is 5.93. The van der Waals surface area contributed by atoms with E-state index in [0.29, 0.717) is 0 Å². The van der Waals surface area contributed by atoms with Gasteiger partial charge in [-0.1, -0.05) is 18.2 Å². The quantitative estimate of drug-likeness (QED) is 0.858. The molecule has 4 heteroatoms. The van der Waals surface area contributed by atoms with E-state index in [1.165, 1.54) is 0 Å². The molecular formula is C13H13N3O. The van der Waals surface area contributed by atoms with Crippen molar-refractivity contribution in [2.75, 3.05) is 11.9 Å². The minimum Gasteiger partial charge on any atom is -0.330 e. The van der Waals surface area contributed by atoms with Crippen LogP contribution in [0.15, 0.2) is 59.9 Å². The van der Waals surface area contributed by atoms with Crippen LogP contribution in [0.2, 0.25) is 0 Å². The molecule has 86 valence electrons. The molecule has 0 atom stereocenters. The molecule has 1 aromatic carbocycles. The van der Waals surface area contributed by atoms with Crippen LogP contribution >= 0.6 is 0 Å². The molecule has 1 aromatic rings. The Hall–Kier alpha value is -2.36. The highest BCUT2D eigenvalue weighted by atomic mass is 16.2. The Morgan fingerprint density at radius 3 is 2.88 bits per heavy atom. The predicted octanol–water partition coefficient (Wildman–Crippen LogP) is 2.00. The van der Waals surface area contributed by atoms with E-state index in [1.54, 1.807) is 23.6 Å². The molecule has 0 aromatic heterocycles. The Balaban J connectivity index is 1.89. The van der Waals surface area contributed by atoms with Crippen molar-refractivity contribution >= 4 is 17.9 Å². The third-order valence-corrected chi connectivity index (χ3v) is 2.16. The number of anilines is 1. The molecule has 0 fully saturated rings. The molecule has 0 aliphatic carbocycles. The molecule has 17 heavy (non-hydrogen) atoms. The van der Waals surface area contributed by atoms with Crippen molar-refractivity contribution in [1.29, 1.82) is 0 Å². The number of nitrogens with one attached hydrogen (secondary N) is 1. The summed E-state index contributed by atoms with van der Waals surface area (Å²) < 4.78 is 0. The van der Waals surface area contributed by atoms with Gasteiger partial charge in [0.25, 0.3) is 0 Å². The van der Waals surface area contributed by atoms with E-state index in [2.05, 4.69) is 10.3 Å². The summed E-state index contributed by atoms with van der Waals surface area (Å²) in [5.41, 5.74) is 0.798. The highest BCUT2D eigenvalue weighted by Gasteiger charge is 2.05. The van der Waals surface area contributed by atoms with Gasteiger partial charge in [-0.3, -0.25) is 4.79 Å². The first kappa shape index (κ1) is 11.1. The van der Waals surface area contributed by atoms with Crippen LogP contribution in [0.25, 0.3) is 0 Å². The first-order valence-electron chi connectivity index (χ1n) is 5.32. The third kappa shape index (κ3) is 3.61. The number of carbonyl (C=O) groups is 1. The maximum Gasteiger partial charge on any atom is 0.244 e. The summed E-state index contributed by atoms with van der Waals surface area (Å²) in [6, 6.07) is 9.38. The monoisotopic (exact) mass is 227 g/mol. The summed E-state index contributed by atoms with van der Waals surface area (Å²) in [6.45, 7) is 0.247. The number of hydrogen-bond acceptors (Lipinski definition) is 3. The standard InChI is InChI=1S/C13H13N3O/c17-13(15-12-6-2-1-3-7-12)10-16-9-5-4-8-14-11-16/h1-9,11H,10H2,(H,15,17). The summed E-state index contributed by atoms with van der Waals surface area (Å²) >= 11 is 0. The number of aliphatic imine (C=N–C) groups is 1. The Morgan fingerprint density at radius 1 is 1.24 bits per heavy atom. The zero-order valence-electron chi connectivity index (χ0n) is 9.28. The Bertz CT molecular complexity index is 447. The Morgan fingerprint density at radius 2 is 2.06 bits per heavy atom. The van der Waals surface area contributed by atoms with Crippen LogP contribution in [0.1, 0.15) is 0 Å². The van der Waals surface area contributed by atoms with Gasteiger partial charge in [0.2, 0.25) is 5.91 Å². The van der Waals surface area contributed by atoms with Crippen LogP contribution in [0, 0.1) is 0 Å². The van der Waals surface area contributed by atoms with Crippen molar-refractivity contribution in [3.63, 3.8) is 0 Å². The number of allylic oxidation sites excluding steroid dienone is 2. The topological polar surface area (TPSA) is 44.7 Å². The molecule has 1 aliphatic heterocycles. The number of para-hydroxylation sites is 1. The first-order chi connectivity index (χ1) is 8.34. The van der Waals surface area contributed by atoms with Crippen LogP contribution in [0.5, 0.6) is 0 Å². The highest BCUT2D eigenvalue weighted by Crippen LogP contribution is 2.05. The molecule has 2 rings (SSSR count). The van der Waals surface area contributed by atoms with Crippen LogP contribution in [-0.2, 0) is 4.79 Å². The molecule has 1 aliphatic rings. The maximum atomic E-state index is 11.7. The number of carbonyl (C=O) groups excluding carboxylic acids is 1. The van der Waals surface area contributed by atoms with Crippen molar-refractivity contribution in [3.05, 3.63) is 54.9 Å². The van der Waals surface area contributed by atoms with Crippen molar-refractivity contribution in [1.82, 2.24) is 4.90 Å². The summed E-state index contributed by atoms with van der Waals surface area (Å²) in [5.74, 6) is -0.0748. The van der Waals surface area contributed by atoms with Gasteiger partial charge in [-0.25, -0.2) is 4.99 Å². The first-order valence-corrected chi connectivity index (χ1v) is 5.32. The molecule has 1 heterocycles. The van der Waals surface area contributed by atoms with E-state index < -0.39 is 0 Å². The van der Waals surface area contributed by atoms with Crippen LogP contribution in [-0.4, -0.2) is 23.7 Å². The third-order valence-electron chi connectivity index (χ3n) is 2.16. The zero-order chi connectivity index (χ0) is 11.9. The maximum absolute atomic E-state index is 11.7. The van der Waals surface area contributed by atoms with Crippen LogP contribution in [0.4, 0.5) is 5.69 Å². The predicted molar refractivity (Wildman–Crippen MR) is 68.5 cm³/mol.